The van der Waals surface area contributed by atoms with Crippen LogP contribution in [0.4, 0.5) is 0 Å². The monoisotopic (exact) mass is 259 g/mol. The number of aromatic amines is 1. The molecule has 0 aliphatic carbocycles. The van der Waals surface area contributed by atoms with Crippen molar-refractivity contribution in [3.8, 4) is 0 Å². The average Bonchev–Trinajstić information content (AvgIpc) is 2.90. The van der Waals surface area contributed by atoms with E-state index in [9.17, 15) is 8.42 Å². The number of hydrogen-bond acceptors (Lipinski definition) is 4. The predicted octanol–water partition coefficient (Wildman–Crippen LogP) is 0.350. The molecule has 7 heteroatoms. The zero-order valence-corrected chi connectivity index (χ0v) is 10.6. The van der Waals surface area contributed by atoms with Crippen molar-refractivity contribution < 1.29 is 13.2 Å². The van der Waals surface area contributed by atoms with Gasteiger partial charge in [0.1, 0.15) is 5.82 Å². The predicted molar refractivity (Wildman–Crippen MR) is 62.8 cm³/mol. The lowest BCUT2D eigenvalue weighted by atomic mass is 10.3. The second-order valence-electron chi connectivity index (χ2n) is 4.21. The van der Waals surface area contributed by atoms with E-state index in [1.807, 2.05) is 0 Å². The summed E-state index contributed by atoms with van der Waals surface area (Å²) in [5.74, 6) is 0.702. The average molecular weight is 259 g/mol. The summed E-state index contributed by atoms with van der Waals surface area (Å²) in [5.41, 5.74) is 0. The van der Waals surface area contributed by atoms with Crippen molar-refractivity contribution in [2.24, 2.45) is 0 Å². The number of hydrogen-bond donors (Lipinski definition) is 1. The first-order chi connectivity index (χ1) is 8.08. The maximum Gasteiger partial charge on any atom is 0.216 e. The smallest absolute Gasteiger partial charge is 0.216 e. The van der Waals surface area contributed by atoms with Crippen LogP contribution in [-0.4, -0.2) is 48.2 Å². The van der Waals surface area contributed by atoms with Crippen LogP contribution in [0.25, 0.3) is 0 Å². The van der Waals surface area contributed by atoms with Gasteiger partial charge >= 0.3 is 0 Å². The van der Waals surface area contributed by atoms with Crippen molar-refractivity contribution in [2.45, 2.75) is 25.5 Å². The lowest BCUT2D eigenvalue weighted by Gasteiger charge is -2.18. The highest BCUT2D eigenvalue weighted by atomic mass is 32.2. The molecule has 0 radical (unpaired) electrons. The Balaban J connectivity index is 1.94. The molecule has 0 amide bonds. The highest BCUT2D eigenvalue weighted by Crippen LogP contribution is 2.16. The molecule has 0 saturated carbocycles. The minimum absolute atomic E-state index is 0.0597. The summed E-state index contributed by atoms with van der Waals surface area (Å²) in [6, 6.07) is 0. The summed E-state index contributed by atoms with van der Waals surface area (Å²) in [4.78, 5) is 6.89. The number of imidazole rings is 1. The van der Waals surface area contributed by atoms with Gasteiger partial charge in [-0.3, -0.25) is 0 Å². The van der Waals surface area contributed by atoms with Gasteiger partial charge in [0.05, 0.1) is 18.4 Å². The van der Waals surface area contributed by atoms with Crippen molar-refractivity contribution in [2.75, 3.05) is 19.4 Å². The van der Waals surface area contributed by atoms with E-state index >= 15 is 0 Å². The second-order valence-corrected chi connectivity index (χ2v) is 6.33. The van der Waals surface area contributed by atoms with E-state index in [0.717, 1.165) is 12.8 Å². The number of aromatic nitrogens is 2. The maximum atomic E-state index is 12.0. The molecule has 0 spiro atoms. The first-order valence-corrected chi connectivity index (χ1v) is 7.23. The van der Waals surface area contributed by atoms with Gasteiger partial charge in [0.15, 0.2) is 0 Å². The van der Waals surface area contributed by atoms with E-state index < -0.39 is 10.0 Å². The molecule has 2 rings (SSSR count). The molecule has 17 heavy (non-hydrogen) atoms. The van der Waals surface area contributed by atoms with Gasteiger partial charge in [-0.2, -0.15) is 4.31 Å². The summed E-state index contributed by atoms with van der Waals surface area (Å²) < 4.78 is 30.7. The van der Waals surface area contributed by atoms with Crippen molar-refractivity contribution in [3.05, 3.63) is 18.2 Å². The van der Waals surface area contributed by atoms with Crippen molar-refractivity contribution in [1.29, 1.82) is 0 Å². The standard InChI is InChI=1S/C10H17N3O3S/c1-13(7-10-11-4-5-12-10)17(14,15)8-9-3-2-6-16-9/h4-5,9H,2-3,6-8H2,1H3,(H,11,12). The van der Waals surface area contributed by atoms with Crippen LogP contribution in [0.15, 0.2) is 12.4 Å². The summed E-state index contributed by atoms with van der Waals surface area (Å²) in [6.07, 6.45) is 4.90. The Hall–Kier alpha value is -0.920. The van der Waals surface area contributed by atoms with Crippen LogP contribution in [0, 0.1) is 0 Å². The van der Waals surface area contributed by atoms with Crippen molar-refractivity contribution >= 4 is 10.0 Å². The Labute approximate surface area is 101 Å². The van der Waals surface area contributed by atoms with Gasteiger partial charge in [-0.15, -0.1) is 0 Å². The molecule has 0 bridgehead atoms. The number of H-pyrrole nitrogens is 1. The van der Waals surface area contributed by atoms with Crippen LogP contribution in [0.1, 0.15) is 18.7 Å². The fraction of sp³-hybridized carbons (Fsp3) is 0.700. The fourth-order valence-corrected chi connectivity index (χ4v) is 3.14. The molecule has 1 aromatic rings. The van der Waals surface area contributed by atoms with Gasteiger partial charge in [-0.05, 0) is 12.8 Å². The van der Waals surface area contributed by atoms with Crippen LogP contribution in [0.5, 0.6) is 0 Å². The van der Waals surface area contributed by atoms with Crippen molar-refractivity contribution in [1.82, 2.24) is 14.3 Å². The molecular formula is C10H17N3O3S. The molecule has 1 saturated heterocycles. The Morgan fingerprint density at radius 1 is 1.65 bits per heavy atom. The molecule has 0 aromatic carbocycles. The van der Waals surface area contributed by atoms with Gasteiger partial charge < -0.3 is 9.72 Å². The minimum Gasteiger partial charge on any atom is -0.377 e. The van der Waals surface area contributed by atoms with Crippen LogP contribution >= 0.6 is 0 Å². The number of nitrogens with zero attached hydrogens (tertiary/aromatic N) is 2. The lowest BCUT2D eigenvalue weighted by Crippen LogP contribution is -2.33. The van der Waals surface area contributed by atoms with Crippen LogP contribution < -0.4 is 0 Å². The minimum atomic E-state index is -3.27. The maximum absolute atomic E-state index is 12.0. The summed E-state index contributed by atoms with van der Waals surface area (Å²) in [6.45, 7) is 0.935. The first-order valence-electron chi connectivity index (χ1n) is 5.62. The van der Waals surface area contributed by atoms with Gasteiger partial charge in [0.2, 0.25) is 10.0 Å². The molecule has 2 heterocycles. The first kappa shape index (κ1) is 12.5. The normalized spacial score (nSPS) is 21.2. The molecule has 1 unspecified atom stereocenters. The third-order valence-corrected chi connectivity index (χ3v) is 4.69. The van der Waals surface area contributed by atoms with Crippen LogP contribution in [0.2, 0.25) is 0 Å². The lowest BCUT2D eigenvalue weighted by molar-refractivity contribution is 0.126. The van der Waals surface area contributed by atoms with E-state index in [1.165, 1.54) is 4.31 Å². The molecule has 1 N–H and O–H groups in total. The van der Waals surface area contributed by atoms with E-state index in [2.05, 4.69) is 9.97 Å². The van der Waals surface area contributed by atoms with Gasteiger partial charge in [0.25, 0.3) is 0 Å². The molecule has 1 aliphatic rings. The van der Waals surface area contributed by atoms with Crippen molar-refractivity contribution in [3.63, 3.8) is 0 Å². The van der Waals surface area contributed by atoms with E-state index in [4.69, 9.17) is 4.74 Å². The van der Waals surface area contributed by atoms with Gasteiger partial charge in [0, 0.05) is 26.0 Å². The topological polar surface area (TPSA) is 75.3 Å². The highest BCUT2D eigenvalue weighted by molar-refractivity contribution is 7.89. The zero-order valence-electron chi connectivity index (χ0n) is 9.80. The molecule has 6 nitrogen and oxygen atoms in total. The van der Waals surface area contributed by atoms with E-state index in [1.54, 1.807) is 19.4 Å². The molecule has 1 aliphatic heterocycles. The summed E-state index contributed by atoms with van der Waals surface area (Å²) in [5, 5.41) is 0. The largest absolute Gasteiger partial charge is 0.377 e. The molecule has 96 valence electrons. The van der Waals surface area contributed by atoms with Crippen LogP contribution in [-0.2, 0) is 21.3 Å². The number of ether oxygens (including phenoxy) is 1. The number of sulfonamides is 1. The fourth-order valence-electron chi connectivity index (χ4n) is 1.83. The Morgan fingerprint density at radius 2 is 2.47 bits per heavy atom. The Morgan fingerprint density at radius 3 is 3.06 bits per heavy atom. The summed E-state index contributed by atoms with van der Waals surface area (Å²) in [7, 11) is -1.71. The highest BCUT2D eigenvalue weighted by Gasteiger charge is 2.26. The van der Waals surface area contributed by atoms with Gasteiger partial charge in [-0.25, -0.2) is 13.4 Å². The molecule has 1 aromatic heterocycles. The Bertz CT molecular complexity index is 437. The number of rotatable bonds is 5. The quantitative estimate of drug-likeness (QED) is 0.828. The SMILES string of the molecule is CN(Cc1ncc[nH]1)S(=O)(=O)CC1CCCO1. The van der Waals surface area contributed by atoms with E-state index in [-0.39, 0.29) is 18.4 Å². The third-order valence-electron chi connectivity index (χ3n) is 2.82. The molecule has 1 atom stereocenters. The zero-order chi connectivity index (χ0) is 12.3. The van der Waals surface area contributed by atoms with Gasteiger partial charge in [-0.1, -0.05) is 0 Å². The molecular weight excluding hydrogens is 242 g/mol. The number of nitrogens with one attached hydrogen (secondary N) is 1. The second kappa shape index (κ2) is 5.16. The Kier molecular flexibility index (Phi) is 3.80. The third kappa shape index (κ3) is 3.27. The van der Waals surface area contributed by atoms with E-state index in [0.29, 0.717) is 12.4 Å². The van der Waals surface area contributed by atoms with Crippen LogP contribution in [0.3, 0.4) is 0 Å². The summed E-state index contributed by atoms with van der Waals surface area (Å²) >= 11 is 0. The molecule has 1 fully saturated rings.